The van der Waals surface area contributed by atoms with E-state index in [-0.39, 0.29) is 5.91 Å². The molecule has 0 spiro atoms. The maximum Gasteiger partial charge on any atom is 0.221 e. The molecule has 4 nitrogen and oxygen atoms in total. The summed E-state index contributed by atoms with van der Waals surface area (Å²) in [5.74, 6) is -0.0756. The predicted molar refractivity (Wildman–Crippen MR) is 110 cm³/mol. The molecule has 0 heterocycles. The van der Waals surface area contributed by atoms with Gasteiger partial charge in [-0.1, -0.05) is 72.8 Å². The van der Waals surface area contributed by atoms with Crippen LogP contribution >= 0.6 is 0 Å². The van der Waals surface area contributed by atoms with E-state index in [4.69, 9.17) is 5.10 Å². The molecule has 136 valence electrons. The number of nitrogens with one attached hydrogen (secondary N) is 1. The summed E-state index contributed by atoms with van der Waals surface area (Å²) in [4.78, 5) is 11.1. The number of benzene rings is 3. The van der Waals surface area contributed by atoms with E-state index in [9.17, 15) is 4.79 Å². The van der Waals surface area contributed by atoms with E-state index in [1.807, 2.05) is 71.9 Å². The molecule has 1 N–H and O–H groups in total. The molecule has 0 saturated heterocycles. The summed E-state index contributed by atoms with van der Waals surface area (Å²) in [6, 6.07) is 28.3. The third-order valence-electron chi connectivity index (χ3n) is 4.02. The van der Waals surface area contributed by atoms with Gasteiger partial charge < -0.3 is 5.32 Å². The SMILES string of the molecule is CC(=O)Nc1ccc(/C=N\N(Cc2ccccc2)Cc2ccccc2)cc1. The lowest BCUT2D eigenvalue weighted by atomic mass is 10.2. The topological polar surface area (TPSA) is 44.7 Å². The second-order valence-corrected chi connectivity index (χ2v) is 6.34. The van der Waals surface area contributed by atoms with E-state index in [0.717, 1.165) is 24.3 Å². The van der Waals surface area contributed by atoms with Gasteiger partial charge in [-0.25, -0.2) is 0 Å². The predicted octanol–water partition coefficient (Wildman–Crippen LogP) is 4.68. The van der Waals surface area contributed by atoms with Crippen molar-refractivity contribution < 1.29 is 4.79 Å². The van der Waals surface area contributed by atoms with Crippen LogP contribution in [0.15, 0.2) is 90.0 Å². The summed E-state index contributed by atoms with van der Waals surface area (Å²) in [5.41, 5.74) is 4.19. The highest BCUT2D eigenvalue weighted by Crippen LogP contribution is 2.12. The molecule has 4 heteroatoms. The van der Waals surface area contributed by atoms with Gasteiger partial charge in [-0.2, -0.15) is 5.10 Å². The monoisotopic (exact) mass is 357 g/mol. The highest BCUT2D eigenvalue weighted by molar-refractivity contribution is 5.89. The molecule has 0 fully saturated rings. The minimum Gasteiger partial charge on any atom is -0.326 e. The lowest BCUT2D eigenvalue weighted by molar-refractivity contribution is -0.114. The van der Waals surface area contributed by atoms with Gasteiger partial charge >= 0.3 is 0 Å². The van der Waals surface area contributed by atoms with Crippen LogP contribution in [-0.4, -0.2) is 17.1 Å². The Morgan fingerprint density at radius 3 is 1.85 bits per heavy atom. The molecular weight excluding hydrogens is 334 g/mol. The minimum atomic E-state index is -0.0756. The van der Waals surface area contributed by atoms with E-state index in [1.54, 1.807) is 0 Å². The number of hydrazone groups is 1. The van der Waals surface area contributed by atoms with Crippen molar-refractivity contribution in [1.29, 1.82) is 0 Å². The fraction of sp³-hybridized carbons (Fsp3) is 0.130. The molecule has 3 aromatic rings. The molecule has 0 bridgehead atoms. The maximum absolute atomic E-state index is 11.1. The van der Waals surface area contributed by atoms with Crippen molar-refractivity contribution in [2.45, 2.75) is 20.0 Å². The summed E-state index contributed by atoms with van der Waals surface area (Å²) in [6.07, 6.45) is 1.85. The first-order valence-electron chi connectivity index (χ1n) is 8.93. The quantitative estimate of drug-likeness (QED) is 0.493. The molecule has 0 aliphatic heterocycles. The van der Waals surface area contributed by atoms with Crippen molar-refractivity contribution in [3.05, 3.63) is 102 Å². The lowest BCUT2D eigenvalue weighted by Gasteiger charge is -2.19. The van der Waals surface area contributed by atoms with Gasteiger partial charge in [-0.3, -0.25) is 9.80 Å². The van der Waals surface area contributed by atoms with E-state index >= 15 is 0 Å². The van der Waals surface area contributed by atoms with Crippen molar-refractivity contribution in [2.24, 2.45) is 5.10 Å². The number of nitrogens with zero attached hydrogens (tertiary/aromatic N) is 2. The number of carbonyl (C=O) groups excluding carboxylic acids is 1. The Morgan fingerprint density at radius 1 is 0.852 bits per heavy atom. The Bertz CT molecular complexity index is 833. The van der Waals surface area contributed by atoms with Crippen molar-refractivity contribution in [3.8, 4) is 0 Å². The molecule has 0 unspecified atom stereocenters. The van der Waals surface area contributed by atoms with Crippen LogP contribution in [0.1, 0.15) is 23.6 Å². The van der Waals surface area contributed by atoms with Crippen LogP contribution in [0.3, 0.4) is 0 Å². The number of carbonyl (C=O) groups is 1. The van der Waals surface area contributed by atoms with Gasteiger partial charge in [-0.15, -0.1) is 0 Å². The Balaban J connectivity index is 1.73. The molecule has 3 aromatic carbocycles. The van der Waals surface area contributed by atoms with E-state index in [1.165, 1.54) is 18.1 Å². The molecule has 0 radical (unpaired) electrons. The van der Waals surface area contributed by atoms with Gasteiger partial charge in [0, 0.05) is 12.6 Å². The highest BCUT2D eigenvalue weighted by atomic mass is 16.1. The first-order valence-corrected chi connectivity index (χ1v) is 8.93. The fourth-order valence-electron chi connectivity index (χ4n) is 2.73. The zero-order valence-electron chi connectivity index (χ0n) is 15.4. The third kappa shape index (κ3) is 6.12. The van der Waals surface area contributed by atoms with Crippen LogP contribution in [0.2, 0.25) is 0 Å². The fourth-order valence-corrected chi connectivity index (χ4v) is 2.73. The number of amides is 1. The minimum absolute atomic E-state index is 0.0756. The second-order valence-electron chi connectivity index (χ2n) is 6.34. The van der Waals surface area contributed by atoms with E-state index in [2.05, 4.69) is 29.6 Å². The standard InChI is InChI=1S/C23H23N3O/c1-19(27)25-23-14-12-20(13-15-23)16-24-26(17-21-8-4-2-5-9-21)18-22-10-6-3-7-11-22/h2-16H,17-18H2,1H3,(H,25,27)/b24-16-. The second kappa shape index (κ2) is 9.34. The molecule has 27 heavy (non-hydrogen) atoms. The van der Waals surface area contributed by atoms with Gasteiger partial charge in [-0.05, 0) is 28.8 Å². The number of rotatable bonds is 7. The molecule has 0 atom stereocenters. The van der Waals surface area contributed by atoms with Crippen LogP contribution in [-0.2, 0) is 17.9 Å². The molecule has 1 amide bonds. The summed E-state index contributed by atoms with van der Waals surface area (Å²) in [6.45, 7) is 2.97. The zero-order valence-corrected chi connectivity index (χ0v) is 15.4. The Kier molecular flexibility index (Phi) is 6.36. The van der Waals surface area contributed by atoms with Crippen LogP contribution in [0.25, 0.3) is 0 Å². The number of hydrogen-bond acceptors (Lipinski definition) is 3. The highest BCUT2D eigenvalue weighted by Gasteiger charge is 2.04. The maximum atomic E-state index is 11.1. The Hall–Kier alpha value is -3.40. The van der Waals surface area contributed by atoms with Crippen LogP contribution < -0.4 is 5.32 Å². The van der Waals surface area contributed by atoms with Crippen molar-refractivity contribution in [3.63, 3.8) is 0 Å². The average Bonchev–Trinajstić information content (AvgIpc) is 2.68. The molecule has 0 aliphatic rings. The molecule has 3 rings (SSSR count). The van der Waals surface area contributed by atoms with Gasteiger partial charge in [0.2, 0.25) is 5.91 Å². The van der Waals surface area contributed by atoms with Gasteiger partial charge in [0.15, 0.2) is 0 Å². The van der Waals surface area contributed by atoms with Crippen molar-refractivity contribution in [2.75, 3.05) is 5.32 Å². The van der Waals surface area contributed by atoms with Crippen LogP contribution in [0.5, 0.6) is 0 Å². The molecule has 0 aliphatic carbocycles. The third-order valence-corrected chi connectivity index (χ3v) is 4.02. The molecule has 0 aromatic heterocycles. The summed E-state index contributed by atoms with van der Waals surface area (Å²) in [5, 5.41) is 9.51. The van der Waals surface area contributed by atoms with Gasteiger partial charge in [0.1, 0.15) is 0 Å². The number of hydrogen-bond donors (Lipinski definition) is 1. The first kappa shape index (κ1) is 18.4. The molecule has 0 saturated carbocycles. The summed E-state index contributed by atoms with van der Waals surface area (Å²) < 4.78 is 0. The van der Waals surface area contributed by atoms with E-state index in [0.29, 0.717) is 0 Å². The lowest BCUT2D eigenvalue weighted by Crippen LogP contribution is -2.17. The largest absolute Gasteiger partial charge is 0.326 e. The van der Waals surface area contributed by atoms with Gasteiger partial charge in [0.05, 0.1) is 19.3 Å². The van der Waals surface area contributed by atoms with Gasteiger partial charge in [0.25, 0.3) is 0 Å². The molecular formula is C23H23N3O. The van der Waals surface area contributed by atoms with E-state index < -0.39 is 0 Å². The normalized spacial score (nSPS) is 10.7. The Morgan fingerprint density at radius 2 is 1.37 bits per heavy atom. The van der Waals surface area contributed by atoms with Crippen LogP contribution in [0, 0.1) is 0 Å². The summed E-state index contributed by atoms with van der Waals surface area (Å²) >= 11 is 0. The number of anilines is 1. The zero-order chi connectivity index (χ0) is 18.9. The van der Waals surface area contributed by atoms with Crippen LogP contribution in [0.4, 0.5) is 5.69 Å². The first-order chi connectivity index (χ1) is 13.2. The summed E-state index contributed by atoms with van der Waals surface area (Å²) in [7, 11) is 0. The van der Waals surface area contributed by atoms with Crippen molar-refractivity contribution >= 4 is 17.8 Å². The Labute approximate surface area is 160 Å². The average molecular weight is 357 g/mol. The smallest absolute Gasteiger partial charge is 0.221 e. The van der Waals surface area contributed by atoms with Crippen molar-refractivity contribution in [1.82, 2.24) is 5.01 Å².